The van der Waals surface area contributed by atoms with Gasteiger partial charge in [0.05, 0.1) is 6.61 Å². The molecule has 0 amide bonds. The van der Waals surface area contributed by atoms with Crippen LogP contribution in [-0.2, 0) is 19.1 Å². The van der Waals surface area contributed by atoms with Crippen LogP contribution >= 0.6 is 0 Å². The quantitative estimate of drug-likeness (QED) is 0.0385. The monoisotopic (exact) mass is 731 g/mol. The highest BCUT2D eigenvalue weighted by Crippen LogP contribution is 2.15. The molecule has 0 saturated heterocycles. The van der Waals surface area contributed by atoms with Gasteiger partial charge >= 0.3 is 11.9 Å². The molecular weight excluding hydrogens is 645 g/mol. The fraction of sp³-hybridized carbons (Fsp3) is 0.830. The summed E-state index contributed by atoms with van der Waals surface area (Å²) in [6.07, 6.45) is 53.6. The zero-order valence-electron chi connectivity index (χ0n) is 34.6. The fourth-order valence-corrected chi connectivity index (χ4v) is 6.46. The fourth-order valence-electron chi connectivity index (χ4n) is 6.46. The molecule has 0 aliphatic carbocycles. The highest BCUT2D eigenvalue weighted by molar-refractivity contribution is 5.70. The number of carbonyl (C=O) groups excluding carboxylic acids is 2. The van der Waals surface area contributed by atoms with Crippen molar-refractivity contribution < 1.29 is 24.2 Å². The summed E-state index contributed by atoms with van der Waals surface area (Å²) in [5, 5.41) is 9.59. The molecule has 0 radical (unpaired) electrons. The van der Waals surface area contributed by atoms with Gasteiger partial charge in [0.2, 0.25) is 0 Å². The molecule has 0 aromatic carbocycles. The van der Waals surface area contributed by atoms with Crippen molar-refractivity contribution in [2.45, 2.75) is 238 Å². The zero-order chi connectivity index (χ0) is 37.8. The lowest BCUT2D eigenvalue weighted by atomic mass is 10.0. The normalized spacial score (nSPS) is 12.4. The Kier molecular flexibility index (Phi) is 42.0. The number of ether oxygens (including phenoxy) is 2. The van der Waals surface area contributed by atoms with Crippen molar-refractivity contribution >= 4 is 11.9 Å². The molecule has 0 aliphatic rings. The topological polar surface area (TPSA) is 72.8 Å². The van der Waals surface area contributed by atoms with E-state index < -0.39 is 6.10 Å². The Bertz CT molecular complexity index is 832. The molecule has 5 heteroatoms. The van der Waals surface area contributed by atoms with E-state index in [2.05, 4.69) is 50.3 Å². The second-order valence-corrected chi connectivity index (χ2v) is 15.1. The molecule has 0 rings (SSSR count). The van der Waals surface area contributed by atoms with Crippen LogP contribution in [0.15, 0.2) is 36.5 Å². The maximum absolute atomic E-state index is 12.2. The molecule has 0 saturated carbocycles. The number of carbonyl (C=O) groups is 2. The minimum atomic E-state index is -0.773. The van der Waals surface area contributed by atoms with E-state index in [1.807, 2.05) is 0 Å². The molecule has 52 heavy (non-hydrogen) atoms. The Morgan fingerprint density at radius 3 is 1.19 bits per heavy atom. The van der Waals surface area contributed by atoms with Crippen molar-refractivity contribution in [3.8, 4) is 0 Å². The number of rotatable bonds is 41. The van der Waals surface area contributed by atoms with Crippen molar-refractivity contribution in [2.75, 3.05) is 13.2 Å². The van der Waals surface area contributed by atoms with E-state index >= 15 is 0 Å². The van der Waals surface area contributed by atoms with Crippen molar-refractivity contribution in [1.29, 1.82) is 0 Å². The summed E-state index contributed by atoms with van der Waals surface area (Å²) < 4.78 is 10.6. The third-order valence-electron chi connectivity index (χ3n) is 9.91. The molecule has 5 nitrogen and oxygen atoms in total. The second kappa shape index (κ2) is 43.5. The first-order valence-electron chi connectivity index (χ1n) is 22.5. The van der Waals surface area contributed by atoms with Crippen molar-refractivity contribution in [3.63, 3.8) is 0 Å². The van der Waals surface area contributed by atoms with E-state index in [1.54, 1.807) is 0 Å². The van der Waals surface area contributed by atoms with Crippen LogP contribution in [-0.4, -0.2) is 36.4 Å². The van der Waals surface area contributed by atoms with E-state index in [0.717, 1.165) is 51.4 Å². The van der Waals surface area contributed by atoms with Gasteiger partial charge in [0.15, 0.2) is 6.10 Å². The molecule has 0 aromatic rings. The number of aliphatic hydroxyl groups is 1. The van der Waals surface area contributed by atoms with E-state index in [0.29, 0.717) is 12.8 Å². The lowest BCUT2D eigenvalue weighted by Crippen LogP contribution is -2.28. The number of esters is 2. The van der Waals surface area contributed by atoms with Gasteiger partial charge in [0.25, 0.3) is 0 Å². The first kappa shape index (κ1) is 50.1. The summed E-state index contributed by atoms with van der Waals surface area (Å²) in [5.41, 5.74) is 0. The van der Waals surface area contributed by atoms with Gasteiger partial charge in [-0.1, -0.05) is 185 Å². The summed E-state index contributed by atoms with van der Waals surface area (Å²) in [7, 11) is 0. The molecule has 0 spiro atoms. The highest BCUT2D eigenvalue weighted by atomic mass is 16.6. The van der Waals surface area contributed by atoms with Crippen LogP contribution < -0.4 is 0 Å². The van der Waals surface area contributed by atoms with E-state index in [9.17, 15) is 14.7 Å². The van der Waals surface area contributed by atoms with Crippen LogP contribution in [0.5, 0.6) is 0 Å². The van der Waals surface area contributed by atoms with Gasteiger partial charge in [0, 0.05) is 12.8 Å². The van der Waals surface area contributed by atoms with Crippen LogP contribution in [0.25, 0.3) is 0 Å². The van der Waals surface area contributed by atoms with Crippen LogP contribution in [0.4, 0.5) is 0 Å². The molecule has 0 aromatic heterocycles. The Hall–Kier alpha value is -1.88. The molecule has 1 N–H and O–H groups in total. The summed E-state index contributed by atoms with van der Waals surface area (Å²) in [4.78, 5) is 24.3. The zero-order valence-corrected chi connectivity index (χ0v) is 34.6. The smallest absolute Gasteiger partial charge is 0.306 e. The molecule has 0 fully saturated rings. The largest absolute Gasteiger partial charge is 0.462 e. The van der Waals surface area contributed by atoms with Gasteiger partial charge in [-0.2, -0.15) is 0 Å². The average molecular weight is 731 g/mol. The first-order valence-corrected chi connectivity index (χ1v) is 22.5. The molecule has 0 unspecified atom stereocenters. The van der Waals surface area contributed by atoms with Crippen LogP contribution in [0.3, 0.4) is 0 Å². The van der Waals surface area contributed by atoms with Crippen molar-refractivity contribution in [3.05, 3.63) is 36.5 Å². The summed E-state index contributed by atoms with van der Waals surface area (Å²) in [6, 6.07) is 0. The maximum atomic E-state index is 12.2. The predicted molar refractivity (Wildman–Crippen MR) is 224 cm³/mol. The number of hydrogen-bond donors (Lipinski definition) is 1. The maximum Gasteiger partial charge on any atom is 0.306 e. The SMILES string of the molecule is CCCCC/C=C/C/C=C/CCCCCCCCCC(=O)OC[C@H](CO)OC(=O)CCCCCCCCCCCCC/C=C/CCCCCCCC. The van der Waals surface area contributed by atoms with E-state index in [1.165, 1.54) is 154 Å². The molecule has 1 atom stereocenters. The van der Waals surface area contributed by atoms with Gasteiger partial charge < -0.3 is 14.6 Å². The van der Waals surface area contributed by atoms with Crippen molar-refractivity contribution in [2.24, 2.45) is 0 Å². The van der Waals surface area contributed by atoms with Gasteiger partial charge in [-0.05, 0) is 70.6 Å². The number of hydrogen-bond acceptors (Lipinski definition) is 5. The van der Waals surface area contributed by atoms with E-state index in [-0.39, 0.29) is 25.2 Å². The average Bonchev–Trinajstić information content (AvgIpc) is 3.15. The van der Waals surface area contributed by atoms with Crippen LogP contribution in [0, 0.1) is 0 Å². The molecular formula is C47H86O5. The number of aliphatic hydroxyl groups excluding tert-OH is 1. The van der Waals surface area contributed by atoms with Crippen molar-refractivity contribution in [1.82, 2.24) is 0 Å². The lowest BCUT2D eigenvalue weighted by molar-refractivity contribution is -0.161. The summed E-state index contributed by atoms with van der Waals surface area (Å²) >= 11 is 0. The molecule has 0 bridgehead atoms. The van der Waals surface area contributed by atoms with Crippen LogP contribution in [0.1, 0.15) is 232 Å². The number of unbranched alkanes of at least 4 members (excludes halogenated alkanes) is 27. The van der Waals surface area contributed by atoms with Gasteiger partial charge in [-0.15, -0.1) is 0 Å². The molecule has 0 aliphatic heterocycles. The number of allylic oxidation sites excluding steroid dienone is 6. The van der Waals surface area contributed by atoms with Gasteiger partial charge in [-0.3, -0.25) is 9.59 Å². The van der Waals surface area contributed by atoms with Crippen LogP contribution in [0.2, 0.25) is 0 Å². The highest BCUT2D eigenvalue weighted by Gasteiger charge is 2.16. The molecule has 304 valence electrons. The predicted octanol–water partition coefficient (Wildman–Crippen LogP) is 14.4. The standard InChI is InChI=1S/C47H86O5/c1-3-5-7-9-11-13-15-17-19-21-22-23-24-26-28-30-32-34-36-38-40-42-47(50)52-45(43-48)44-51-46(49)41-39-37-35-33-31-29-27-25-20-18-16-14-12-10-8-6-4-2/h12,14,17-20,45,48H,3-11,13,15-16,21-44H2,1-2H3/b14-12+,19-17+,20-18+/t45-/m0/s1. The minimum absolute atomic E-state index is 0.0683. The van der Waals surface area contributed by atoms with Gasteiger partial charge in [-0.25, -0.2) is 0 Å². The Balaban J connectivity index is 3.52. The minimum Gasteiger partial charge on any atom is -0.462 e. The Morgan fingerprint density at radius 2 is 0.769 bits per heavy atom. The third kappa shape index (κ3) is 40.9. The third-order valence-corrected chi connectivity index (χ3v) is 9.91. The second-order valence-electron chi connectivity index (χ2n) is 15.1. The summed E-state index contributed by atoms with van der Waals surface area (Å²) in [5.74, 6) is -0.594. The first-order chi connectivity index (χ1) is 25.6. The lowest BCUT2D eigenvalue weighted by Gasteiger charge is -2.15. The van der Waals surface area contributed by atoms with E-state index in [4.69, 9.17) is 9.47 Å². The van der Waals surface area contributed by atoms with Gasteiger partial charge in [0.1, 0.15) is 6.61 Å². The Morgan fingerprint density at radius 1 is 0.442 bits per heavy atom. The summed E-state index contributed by atoms with van der Waals surface area (Å²) in [6.45, 7) is 4.12. The molecule has 0 heterocycles. The Labute approximate surface area is 323 Å².